The highest BCUT2D eigenvalue weighted by atomic mass is 15.3. The molecule has 1 atom stereocenters. The number of hydrogen-bond donors (Lipinski definition) is 1. The summed E-state index contributed by atoms with van der Waals surface area (Å²) in [6.07, 6.45) is 0. The van der Waals surface area contributed by atoms with E-state index in [0.29, 0.717) is 6.04 Å². The predicted molar refractivity (Wildman–Crippen MR) is 70.0 cm³/mol. The van der Waals surface area contributed by atoms with E-state index in [1.807, 2.05) is 0 Å². The van der Waals surface area contributed by atoms with E-state index in [-0.39, 0.29) is 0 Å². The summed E-state index contributed by atoms with van der Waals surface area (Å²) < 4.78 is 0. The average molecular weight is 228 g/mol. The maximum absolute atomic E-state index is 3.50. The van der Waals surface area contributed by atoms with E-state index in [1.54, 1.807) is 0 Å². The van der Waals surface area contributed by atoms with Crippen LogP contribution in [0.15, 0.2) is 0 Å². The molecule has 16 heavy (non-hydrogen) atoms. The van der Waals surface area contributed by atoms with Crippen molar-refractivity contribution in [1.29, 1.82) is 0 Å². The Balaban J connectivity index is 2.04. The summed E-state index contributed by atoms with van der Waals surface area (Å²) in [7, 11) is 6.44. The van der Waals surface area contributed by atoms with Crippen LogP contribution in [0.2, 0.25) is 0 Å². The van der Waals surface area contributed by atoms with Gasteiger partial charge in [0, 0.05) is 51.9 Å². The summed E-state index contributed by atoms with van der Waals surface area (Å²) in [4.78, 5) is 7.22. The van der Waals surface area contributed by atoms with Crippen molar-refractivity contribution >= 4 is 0 Å². The van der Waals surface area contributed by atoms with E-state index in [4.69, 9.17) is 0 Å². The number of hydrogen-bond acceptors (Lipinski definition) is 4. The molecule has 1 fully saturated rings. The van der Waals surface area contributed by atoms with Crippen LogP contribution in [0, 0.1) is 0 Å². The first-order valence-electron chi connectivity index (χ1n) is 6.37. The van der Waals surface area contributed by atoms with Gasteiger partial charge in [0.1, 0.15) is 0 Å². The van der Waals surface area contributed by atoms with Crippen molar-refractivity contribution in [3.8, 4) is 0 Å². The molecule has 0 saturated carbocycles. The van der Waals surface area contributed by atoms with Gasteiger partial charge in [-0.05, 0) is 28.1 Å². The lowest BCUT2D eigenvalue weighted by molar-refractivity contribution is 0.101. The minimum absolute atomic E-state index is 0.703. The number of piperazine rings is 1. The molecule has 0 radical (unpaired) electrons. The van der Waals surface area contributed by atoms with Crippen LogP contribution in [0.3, 0.4) is 0 Å². The Bertz CT molecular complexity index is 184. The van der Waals surface area contributed by atoms with Gasteiger partial charge in [-0.25, -0.2) is 0 Å². The molecule has 1 rings (SSSR count). The van der Waals surface area contributed by atoms with Gasteiger partial charge in [0.25, 0.3) is 0 Å². The minimum atomic E-state index is 0.703. The molecule has 96 valence electrons. The van der Waals surface area contributed by atoms with Crippen molar-refractivity contribution in [2.45, 2.75) is 13.0 Å². The van der Waals surface area contributed by atoms with Gasteiger partial charge in [-0.2, -0.15) is 0 Å². The maximum Gasteiger partial charge on any atom is 0.0195 e. The largest absolute Gasteiger partial charge is 0.314 e. The molecule has 0 aromatic heterocycles. The summed E-state index contributed by atoms with van der Waals surface area (Å²) in [6.45, 7) is 10.5. The molecule has 1 N–H and O–H groups in total. The molecule has 0 aromatic rings. The van der Waals surface area contributed by atoms with E-state index in [9.17, 15) is 0 Å². The minimum Gasteiger partial charge on any atom is -0.314 e. The monoisotopic (exact) mass is 228 g/mol. The van der Waals surface area contributed by atoms with Gasteiger partial charge >= 0.3 is 0 Å². The van der Waals surface area contributed by atoms with Crippen LogP contribution in [0.25, 0.3) is 0 Å². The Morgan fingerprint density at radius 2 is 2.00 bits per heavy atom. The SMILES string of the molecule is CC1CN(C)CCN1CCNCCN(C)C. The standard InChI is InChI=1S/C12H28N4/c1-12-11-15(4)9-10-16(12)8-6-13-5-7-14(2)3/h12-13H,5-11H2,1-4H3. The van der Waals surface area contributed by atoms with E-state index in [2.05, 4.69) is 48.1 Å². The lowest BCUT2D eigenvalue weighted by Crippen LogP contribution is -2.52. The Kier molecular flexibility index (Phi) is 6.28. The molecule has 1 saturated heterocycles. The van der Waals surface area contributed by atoms with Crippen molar-refractivity contribution in [2.75, 3.05) is 67.0 Å². The fourth-order valence-electron chi connectivity index (χ4n) is 2.16. The lowest BCUT2D eigenvalue weighted by Gasteiger charge is -2.38. The summed E-state index contributed by atoms with van der Waals surface area (Å²) in [5.74, 6) is 0. The molecular formula is C12H28N4. The number of nitrogens with one attached hydrogen (secondary N) is 1. The number of likely N-dealkylation sites (N-methyl/N-ethyl adjacent to an activating group) is 2. The van der Waals surface area contributed by atoms with Crippen molar-refractivity contribution < 1.29 is 0 Å². The van der Waals surface area contributed by atoms with Crippen LogP contribution < -0.4 is 5.32 Å². The molecule has 1 heterocycles. The van der Waals surface area contributed by atoms with Gasteiger partial charge < -0.3 is 15.1 Å². The van der Waals surface area contributed by atoms with Gasteiger partial charge in [0.05, 0.1) is 0 Å². The smallest absolute Gasteiger partial charge is 0.0195 e. The highest BCUT2D eigenvalue weighted by Crippen LogP contribution is 2.06. The lowest BCUT2D eigenvalue weighted by atomic mass is 10.2. The topological polar surface area (TPSA) is 21.8 Å². The first kappa shape index (κ1) is 13.9. The molecule has 0 aromatic carbocycles. The van der Waals surface area contributed by atoms with Gasteiger partial charge in [-0.15, -0.1) is 0 Å². The molecule has 1 aliphatic rings. The van der Waals surface area contributed by atoms with Crippen LogP contribution in [0.4, 0.5) is 0 Å². The summed E-state index contributed by atoms with van der Waals surface area (Å²) in [6, 6.07) is 0.703. The Hall–Kier alpha value is -0.160. The van der Waals surface area contributed by atoms with Crippen molar-refractivity contribution in [3.63, 3.8) is 0 Å². The first-order valence-corrected chi connectivity index (χ1v) is 6.37. The van der Waals surface area contributed by atoms with Gasteiger partial charge in [0.15, 0.2) is 0 Å². The highest BCUT2D eigenvalue weighted by molar-refractivity contribution is 4.77. The Morgan fingerprint density at radius 1 is 1.25 bits per heavy atom. The molecule has 0 amide bonds. The van der Waals surface area contributed by atoms with Gasteiger partial charge in [-0.3, -0.25) is 4.90 Å². The molecule has 1 unspecified atom stereocenters. The zero-order chi connectivity index (χ0) is 12.0. The second-order valence-corrected chi connectivity index (χ2v) is 5.20. The second kappa shape index (κ2) is 7.22. The predicted octanol–water partition coefficient (Wildman–Crippen LogP) is -0.226. The number of rotatable bonds is 6. The highest BCUT2D eigenvalue weighted by Gasteiger charge is 2.20. The molecule has 1 aliphatic heterocycles. The Morgan fingerprint density at radius 3 is 2.62 bits per heavy atom. The van der Waals surface area contributed by atoms with Gasteiger partial charge in [0.2, 0.25) is 0 Å². The third-order valence-electron chi connectivity index (χ3n) is 3.28. The first-order chi connectivity index (χ1) is 7.59. The van der Waals surface area contributed by atoms with Crippen LogP contribution in [0.1, 0.15) is 6.92 Å². The van der Waals surface area contributed by atoms with Crippen LogP contribution >= 0.6 is 0 Å². The third kappa shape index (κ3) is 5.25. The van der Waals surface area contributed by atoms with E-state index in [1.165, 1.54) is 26.2 Å². The molecule has 0 aliphatic carbocycles. The number of nitrogens with zero attached hydrogens (tertiary/aromatic N) is 3. The zero-order valence-corrected chi connectivity index (χ0v) is 11.4. The summed E-state index contributed by atoms with van der Waals surface area (Å²) >= 11 is 0. The summed E-state index contributed by atoms with van der Waals surface area (Å²) in [5.41, 5.74) is 0. The van der Waals surface area contributed by atoms with Crippen molar-refractivity contribution in [2.24, 2.45) is 0 Å². The average Bonchev–Trinajstić information content (AvgIpc) is 2.20. The van der Waals surface area contributed by atoms with E-state index < -0.39 is 0 Å². The van der Waals surface area contributed by atoms with E-state index >= 15 is 0 Å². The van der Waals surface area contributed by atoms with Crippen LogP contribution in [-0.2, 0) is 0 Å². The molecule has 0 spiro atoms. The van der Waals surface area contributed by atoms with E-state index in [0.717, 1.165) is 19.6 Å². The van der Waals surface area contributed by atoms with Gasteiger partial charge in [-0.1, -0.05) is 0 Å². The quantitative estimate of drug-likeness (QED) is 0.634. The maximum atomic E-state index is 3.50. The molecule has 4 heteroatoms. The normalized spacial score (nSPS) is 24.2. The Labute approximate surface area is 101 Å². The summed E-state index contributed by atoms with van der Waals surface area (Å²) in [5, 5.41) is 3.50. The third-order valence-corrected chi connectivity index (χ3v) is 3.28. The second-order valence-electron chi connectivity index (χ2n) is 5.20. The van der Waals surface area contributed by atoms with Crippen molar-refractivity contribution in [1.82, 2.24) is 20.0 Å². The molecular weight excluding hydrogens is 200 g/mol. The van der Waals surface area contributed by atoms with Crippen molar-refractivity contribution in [3.05, 3.63) is 0 Å². The van der Waals surface area contributed by atoms with Crippen LogP contribution in [-0.4, -0.2) is 87.7 Å². The molecule has 4 nitrogen and oxygen atoms in total. The fraction of sp³-hybridized carbons (Fsp3) is 1.00. The fourth-order valence-corrected chi connectivity index (χ4v) is 2.16. The zero-order valence-electron chi connectivity index (χ0n) is 11.4. The van der Waals surface area contributed by atoms with Crippen LogP contribution in [0.5, 0.6) is 0 Å². The molecule has 0 bridgehead atoms.